The van der Waals surface area contributed by atoms with E-state index in [9.17, 15) is 0 Å². The Hall–Kier alpha value is -0.790. The molecule has 0 saturated carbocycles. The van der Waals surface area contributed by atoms with E-state index in [1.54, 1.807) is 0 Å². The predicted molar refractivity (Wildman–Crippen MR) is 62.7 cm³/mol. The summed E-state index contributed by atoms with van der Waals surface area (Å²) in [6.45, 7) is 6.96. The van der Waals surface area contributed by atoms with Gasteiger partial charge in [0.05, 0.1) is 6.04 Å². The lowest BCUT2D eigenvalue weighted by Gasteiger charge is -2.14. The van der Waals surface area contributed by atoms with E-state index in [1.165, 1.54) is 5.56 Å². The molecule has 14 heavy (non-hydrogen) atoms. The van der Waals surface area contributed by atoms with Crippen LogP contribution < -0.4 is 5.32 Å². The molecule has 0 aromatic heterocycles. The standard InChI is InChI=1S/C12H16ClN/c1-3-9-14-12(4-2)10-5-7-11(13)8-6-10/h4-8,12,14H,2-3,9H2,1H3/t12-/m0/s1. The zero-order chi connectivity index (χ0) is 10.4. The largest absolute Gasteiger partial charge is 0.307 e. The van der Waals surface area contributed by atoms with Crippen LogP contribution in [0.3, 0.4) is 0 Å². The second-order valence-electron chi connectivity index (χ2n) is 3.22. The zero-order valence-electron chi connectivity index (χ0n) is 8.46. The summed E-state index contributed by atoms with van der Waals surface area (Å²) in [6.07, 6.45) is 3.04. The molecule has 2 heteroatoms. The third-order valence-electron chi connectivity index (χ3n) is 2.08. The molecule has 1 aromatic rings. The normalized spacial score (nSPS) is 12.4. The van der Waals surface area contributed by atoms with E-state index in [0.29, 0.717) is 0 Å². The van der Waals surface area contributed by atoms with Crippen LogP contribution in [-0.4, -0.2) is 6.54 Å². The number of hydrogen-bond donors (Lipinski definition) is 1. The Morgan fingerprint density at radius 3 is 2.57 bits per heavy atom. The van der Waals surface area contributed by atoms with Crippen LogP contribution >= 0.6 is 11.6 Å². The smallest absolute Gasteiger partial charge is 0.0503 e. The summed E-state index contributed by atoms with van der Waals surface area (Å²) < 4.78 is 0. The Labute approximate surface area is 90.8 Å². The van der Waals surface area contributed by atoms with Crippen LogP contribution in [0.1, 0.15) is 24.9 Å². The van der Waals surface area contributed by atoms with E-state index < -0.39 is 0 Å². The Balaban J connectivity index is 2.68. The fourth-order valence-electron chi connectivity index (χ4n) is 1.31. The molecule has 1 aromatic carbocycles. The summed E-state index contributed by atoms with van der Waals surface area (Å²) in [7, 11) is 0. The van der Waals surface area contributed by atoms with E-state index >= 15 is 0 Å². The molecule has 1 rings (SSSR count). The van der Waals surface area contributed by atoms with Gasteiger partial charge in [0.15, 0.2) is 0 Å². The van der Waals surface area contributed by atoms with Crippen molar-refractivity contribution in [2.75, 3.05) is 6.54 Å². The number of benzene rings is 1. The van der Waals surface area contributed by atoms with Crippen molar-refractivity contribution >= 4 is 11.6 Å². The maximum atomic E-state index is 5.82. The molecule has 0 spiro atoms. The van der Waals surface area contributed by atoms with Gasteiger partial charge in [-0.2, -0.15) is 0 Å². The van der Waals surface area contributed by atoms with E-state index in [4.69, 9.17) is 11.6 Å². The number of rotatable bonds is 5. The maximum Gasteiger partial charge on any atom is 0.0503 e. The van der Waals surface area contributed by atoms with Crippen LogP contribution in [0.25, 0.3) is 0 Å². The summed E-state index contributed by atoms with van der Waals surface area (Å²) in [5.74, 6) is 0. The highest BCUT2D eigenvalue weighted by atomic mass is 35.5. The second kappa shape index (κ2) is 5.84. The van der Waals surface area contributed by atoms with Crippen molar-refractivity contribution < 1.29 is 0 Å². The highest BCUT2D eigenvalue weighted by molar-refractivity contribution is 6.30. The topological polar surface area (TPSA) is 12.0 Å². The monoisotopic (exact) mass is 209 g/mol. The summed E-state index contributed by atoms with van der Waals surface area (Å²) in [5, 5.41) is 4.16. The zero-order valence-corrected chi connectivity index (χ0v) is 9.22. The van der Waals surface area contributed by atoms with Gasteiger partial charge in [-0.15, -0.1) is 6.58 Å². The van der Waals surface area contributed by atoms with Gasteiger partial charge in [-0.05, 0) is 30.7 Å². The molecule has 0 unspecified atom stereocenters. The van der Waals surface area contributed by atoms with Crippen LogP contribution in [0.15, 0.2) is 36.9 Å². The van der Waals surface area contributed by atoms with Crippen molar-refractivity contribution in [3.05, 3.63) is 47.5 Å². The molecule has 0 saturated heterocycles. The lowest BCUT2D eigenvalue weighted by Crippen LogP contribution is -2.19. The predicted octanol–water partition coefficient (Wildman–Crippen LogP) is 3.57. The molecule has 0 aliphatic carbocycles. The van der Waals surface area contributed by atoms with Crippen molar-refractivity contribution in [2.45, 2.75) is 19.4 Å². The number of nitrogens with one attached hydrogen (secondary N) is 1. The molecule has 1 nitrogen and oxygen atoms in total. The van der Waals surface area contributed by atoms with Gasteiger partial charge in [-0.25, -0.2) is 0 Å². The van der Waals surface area contributed by atoms with Crippen LogP contribution in [0, 0.1) is 0 Å². The molecule has 0 aliphatic heterocycles. The number of hydrogen-bond acceptors (Lipinski definition) is 1. The molecule has 0 fully saturated rings. The molecule has 0 bridgehead atoms. The van der Waals surface area contributed by atoms with Crippen LogP contribution in [0.2, 0.25) is 5.02 Å². The van der Waals surface area contributed by atoms with E-state index in [1.807, 2.05) is 30.3 Å². The van der Waals surface area contributed by atoms with Crippen molar-refractivity contribution in [1.82, 2.24) is 5.32 Å². The summed E-state index contributed by atoms with van der Waals surface area (Å²) in [4.78, 5) is 0. The maximum absolute atomic E-state index is 5.82. The number of halogens is 1. The Kier molecular flexibility index (Phi) is 4.71. The molecule has 0 radical (unpaired) electrons. The van der Waals surface area contributed by atoms with Crippen LogP contribution in [0.4, 0.5) is 0 Å². The first-order valence-corrected chi connectivity index (χ1v) is 5.27. The second-order valence-corrected chi connectivity index (χ2v) is 3.66. The minimum atomic E-state index is 0.229. The first-order chi connectivity index (χ1) is 6.77. The highest BCUT2D eigenvalue weighted by Crippen LogP contribution is 2.17. The highest BCUT2D eigenvalue weighted by Gasteiger charge is 2.04. The summed E-state index contributed by atoms with van der Waals surface area (Å²) >= 11 is 5.82. The van der Waals surface area contributed by atoms with Gasteiger partial charge in [-0.3, -0.25) is 0 Å². The Morgan fingerprint density at radius 1 is 1.43 bits per heavy atom. The quantitative estimate of drug-likeness (QED) is 0.732. The average molecular weight is 210 g/mol. The molecule has 0 amide bonds. The minimum Gasteiger partial charge on any atom is -0.307 e. The first-order valence-electron chi connectivity index (χ1n) is 4.89. The van der Waals surface area contributed by atoms with Gasteiger partial charge in [0, 0.05) is 5.02 Å². The molecule has 76 valence electrons. The molecular weight excluding hydrogens is 194 g/mol. The van der Waals surface area contributed by atoms with E-state index in [-0.39, 0.29) is 6.04 Å². The van der Waals surface area contributed by atoms with E-state index in [0.717, 1.165) is 18.0 Å². The molecular formula is C12H16ClN. The van der Waals surface area contributed by atoms with Gasteiger partial charge in [0.2, 0.25) is 0 Å². The Morgan fingerprint density at radius 2 is 2.07 bits per heavy atom. The van der Waals surface area contributed by atoms with Gasteiger partial charge < -0.3 is 5.32 Å². The van der Waals surface area contributed by atoms with Gasteiger partial charge in [0.1, 0.15) is 0 Å². The molecule has 0 aliphatic rings. The fraction of sp³-hybridized carbons (Fsp3) is 0.333. The lowest BCUT2D eigenvalue weighted by atomic mass is 10.1. The average Bonchev–Trinajstić information content (AvgIpc) is 2.21. The van der Waals surface area contributed by atoms with Gasteiger partial charge >= 0.3 is 0 Å². The SMILES string of the molecule is C=C[C@H](NCCC)c1ccc(Cl)cc1. The third-order valence-corrected chi connectivity index (χ3v) is 2.33. The van der Waals surface area contributed by atoms with Crippen molar-refractivity contribution in [1.29, 1.82) is 0 Å². The Bertz CT molecular complexity index is 279. The first kappa shape index (κ1) is 11.3. The van der Waals surface area contributed by atoms with Gasteiger partial charge in [-0.1, -0.05) is 36.7 Å². The molecule has 0 heterocycles. The van der Waals surface area contributed by atoms with Crippen LogP contribution in [0.5, 0.6) is 0 Å². The van der Waals surface area contributed by atoms with Crippen molar-refractivity contribution in [2.24, 2.45) is 0 Å². The fourth-order valence-corrected chi connectivity index (χ4v) is 1.43. The third kappa shape index (κ3) is 3.17. The van der Waals surface area contributed by atoms with Crippen molar-refractivity contribution in [3.63, 3.8) is 0 Å². The van der Waals surface area contributed by atoms with E-state index in [2.05, 4.69) is 18.8 Å². The summed E-state index contributed by atoms with van der Waals surface area (Å²) in [6, 6.07) is 8.09. The lowest BCUT2D eigenvalue weighted by molar-refractivity contribution is 0.613. The minimum absolute atomic E-state index is 0.229. The van der Waals surface area contributed by atoms with Gasteiger partial charge in [0.25, 0.3) is 0 Å². The molecule has 1 atom stereocenters. The van der Waals surface area contributed by atoms with Crippen LogP contribution in [-0.2, 0) is 0 Å². The van der Waals surface area contributed by atoms with Crippen molar-refractivity contribution in [3.8, 4) is 0 Å². The summed E-state index contributed by atoms with van der Waals surface area (Å²) in [5.41, 5.74) is 1.21. The molecule has 1 N–H and O–H groups in total.